The molecule has 0 atom stereocenters. The summed E-state index contributed by atoms with van der Waals surface area (Å²) in [5.41, 5.74) is 8.30. The predicted molar refractivity (Wildman–Crippen MR) is 70.0 cm³/mol. The molecule has 0 bridgehead atoms. The summed E-state index contributed by atoms with van der Waals surface area (Å²) >= 11 is 0. The zero-order valence-electron chi connectivity index (χ0n) is 9.87. The SMILES string of the molecule is Cc1ccc(F)c(Nc2ccc(N)cc2C#N)c1. The van der Waals surface area contributed by atoms with Crippen molar-refractivity contribution in [2.45, 2.75) is 6.92 Å². The molecule has 0 unspecified atom stereocenters. The van der Waals surface area contributed by atoms with E-state index in [1.165, 1.54) is 6.07 Å². The van der Waals surface area contributed by atoms with Crippen LogP contribution in [0.3, 0.4) is 0 Å². The van der Waals surface area contributed by atoms with Crippen LogP contribution in [0.4, 0.5) is 21.5 Å². The number of nitrogens with zero attached hydrogens (tertiary/aromatic N) is 1. The topological polar surface area (TPSA) is 61.8 Å². The third-order valence-electron chi connectivity index (χ3n) is 2.56. The summed E-state index contributed by atoms with van der Waals surface area (Å²) in [5, 5.41) is 11.9. The lowest BCUT2D eigenvalue weighted by Gasteiger charge is -2.10. The molecule has 0 aliphatic heterocycles. The van der Waals surface area contributed by atoms with Gasteiger partial charge in [0.2, 0.25) is 0 Å². The number of nitrogens with two attached hydrogens (primary N) is 1. The molecule has 90 valence electrons. The monoisotopic (exact) mass is 241 g/mol. The second-order valence-corrected chi connectivity index (χ2v) is 4.03. The molecule has 0 saturated carbocycles. The molecule has 2 aromatic rings. The van der Waals surface area contributed by atoms with E-state index >= 15 is 0 Å². The van der Waals surface area contributed by atoms with E-state index in [1.807, 2.05) is 13.0 Å². The third-order valence-corrected chi connectivity index (χ3v) is 2.56. The number of anilines is 3. The number of halogens is 1. The molecule has 0 aromatic heterocycles. The molecule has 0 fully saturated rings. The lowest BCUT2D eigenvalue weighted by molar-refractivity contribution is 0.631. The van der Waals surface area contributed by atoms with E-state index in [4.69, 9.17) is 11.0 Å². The largest absolute Gasteiger partial charge is 0.399 e. The summed E-state index contributed by atoms with van der Waals surface area (Å²) in [7, 11) is 0. The fourth-order valence-electron chi connectivity index (χ4n) is 1.64. The van der Waals surface area contributed by atoms with Crippen molar-refractivity contribution >= 4 is 17.1 Å². The highest BCUT2D eigenvalue weighted by atomic mass is 19.1. The maximum absolute atomic E-state index is 13.6. The quantitative estimate of drug-likeness (QED) is 0.793. The van der Waals surface area contributed by atoms with Crippen molar-refractivity contribution in [1.29, 1.82) is 5.26 Å². The molecule has 0 saturated heterocycles. The average molecular weight is 241 g/mol. The van der Waals surface area contributed by atoms with E-state index in [2.05, 4.69) is 5.32 Å². The highest BCUT2D eigenvalue weighted by molar-refractivity contribution is 5.69. The normalized spacial score (nSPS) is 9.83. The number of hydrogen-bond acceptors (Lipinski definition) is 3. The highest BCUT2D eigenvalue weighted by Crippen LogP contribution is 2.25. The zero-order chi connectivity index (χ0) is 13.1. The molecule has 0 radical (unpaired) electrons. The van der Waals surface area contributed by atoms with Crippen LogP contribution in [-0.2, 0) is 0 Å². The van der Waals surface area contributed by atoms with Crippen LogP contribution in [-0.4, -0.2) is 0 Å². The molecule has 0 heterocycles. The Kier molecular flexibility index (Phi) is 3.16. The Morgan fingerprint density at radius 2 is 1.94 bits per heavy atom. The van der Waals surface area contributed by atoms with E-state index in [1.54, 1.807) is 30.3 Å². The van der Waals surface area contributed by atoms with E-state index in [0.29, 0.717) is 22.6 Å². The van der Waals surface area contributed by atoms with Gasteiger partial charge < -0.3 is 11.1 Å². The fraction of sp³-hybridized carbons (Fsp3) is 0.0714. The van der Waals surface area contributed by atoms with Gasteiger partial charge in [-0.15, -0.1) is 0 Å². The van der Waals surface area contributed by atoms with Gasteiger partial charge in [0, 0.05) is 5.69 Å². The maximum atomic E-state index is 13.6. The smallest absolute Gasteiger partial charge is 0.146 e. The minimum Gasteiger partial charge on any atom is -0.399 e. The first kappa shape index (κ1) is 11.9. The Hall–Kier alpha value is -2.54. The fourth-order valence-corrected chi connectivity index (χ4v) is 1.64. The van der Waals surface area contributed by atoms with Gasteiger partial charge in [-0.05, 0) is 42.8 Å². The minimum absolute atomic E-state index is 0.344. The number of nitrogens with one attached hydrogen (secondary N) is 1. The van der Waals surface area contributed by atoms with Gasteiger partial charge in [0.1, 0.15) is 11.9 Å². The Morgan fingerprint density at radius 3 is 2.67 bits per heavy atom. The first-order chi connectivity index (χ1) is 8.60. The van der Waals surface area contributed by atoms with Crippen LogP contribution in [0.1, 0.15) is 11.1 Å². The summed E-state index contributed by atoms with van der Waals surface area (Å²) in [6.07, 6.45) is 0. The van der Waals surface area contributed by atoms with Crippen LogP contribution in [0.15, 0.2) is 36.4 Å². The number of nitriles is 1. The van der Waals surface area contributed by atoms with E-state index in [-0.39, 0.29) is 5.82 Å². The molecule has 0 aliphatic carbocycles. The van der Waals surface area contributed by atoms with Crippen molar-refractivity contribution < 1.29 is 4.39 Å². The van der Waals surface area contributed by atoms with Crippen molar-refractivity contribution in [3.8, 4) is 6.07 Å². The van der Waals surface area contributed by atoms with Gasteiger partial charge in [-0.25, -0.2) is 4.39 Å². The van der Waals surface area contributed by atoms with Crippen molar-refractivity contribution in [1.82, 2.24) is 0 Å². The van der Waals surface area contributed by atoms with Crippen LogP contribution < -0.4 is 11.1 Å². The first-order valence-electron chi connectivity index (χ1n) is 5.43. The number of aryl methyl sites for hydroxylation is 1. The molecule has 3 N–H and O–H groups in total. The van der Waals surface area contributed by atoms with Crippen LogP contribution in [0.5, 0.6) is 0 Å². The summed E-state index contributed by atoms with van der Waals surface area (Å²) in [4.78, 5) is 0. The molecular weight excluding hydrogens is 229 g/mol. The second-order valence-electron chi connectivity index (χ2n) is 4.03. The van der Waals surface area contributed by atoms with Crippen LogP contribution >= 0.6 is 0 Å². The Labute approximate surface area is 105 Å². The number of hydrogen-bond donors (Lipinski definition) is 2. The third kappa shape index (κ3) is 2.41. The molecule has 18 heavy (non-hydrogen) atoms. The van der Waals surface area contributed by atoms with Crippen molar-refractivity contribution in [2.75, 3.05) is 11.1 Å². The van der Waals surface area contributed by atoms with Gasteiger partial charge in [-0.2, -0.15) is 5.26 Å². The summed E-state index contributed by atoms with van der Waals surface area (Å²) in [5.74, 6) is -0.360. The van der Waals surface area contributed by atoms with Crippen LogP contribution in [0.2, 0.25) is 0 Å². The average Bonchev–Trinajstić information content (AvgIpc) is 2.36. The molecule has 2 rings (SSSR count). The number of rotatable bonds is 2. The lowest BCUT2D eigenvalue weighted by atomic mass is 10.1. The molecular formula is C14H12FN3. The number of nitrogen functional groups attached to an aromatic ring is 1. The molecule has 0 spiro atoms. The molecule has 2 aromatic carbocycles. The zero-order valence-corrected chi connectivity index (χ0v) is 9.87. The predicted octanol–water partition coefficient (Wildman–Crippen LogP) is 3.33. The van der Waals surface area contributed by atoms with Crippen LogP contribution in [0, 0.1) is 24.1 Å². The first-order valence-corrected chi connectivity index (χ1v) is 5.43. The van der Waals surface area contributed by atoms with Crippen molar-refractivity contribution in [3.05, 3.63) is 53.3 Å². The summed E-state index contributed by atoms with van der Waals surface area (Å²) in [6.45, 7) is 1.87. The maximum Gasteiger partial charge on any atom is 0.146 e. The Bertz CT molecular complexity index is 629. The minimum atomic E-state index is -0.360. The van der Waals surface area contributed by atoms with E-state index < -0.39 is 0 Å². The molecule has 0 aliphatic rings. The van der Waals surface area contributed by atoms with Gasteiger partial charge in [0.25, 0.3) is 0 Å². The summed E-state index contributed by atoms with van der Waals surface area (Å²) in [6, 6.07) is 11.7. The van der Waals surface area contributed by atoms with Gasteiger partial charge in [0.15, 0.2) is 0 Å². The van der Waals surface area contributed by atoms with Crippen molar-refractivity contribution in [3.63, 3.8) is 0 Å². The van der Waals surface area contributed by atoms with Crippen LogP contribution in [0.25, 0.3) is 0 Å². The van der Waals surface area contributed by atoms with Gasteiger partial charge in [0.05, 0.1) is 16.9 Å². The molecule has 3 nitrogen and oxygen atoms in total. The standard InChI is InChI=1S/C14H12FN3/c1-9-2-4-12(15)14(6-9)18-13-5-3-11(17)7-10(13)8-16/h2-7,18H,17H2,1H3. The number of benzene rings is 2. The van der Waals surface area contributed by atoms with Crippen molar-refractivity contribution in [2.24, 2.45) is 0 Å². The molecule has 4 heteroatoms. The Morgan fingerprint density at radius 1 is 1.17 bits per heavy atom. The summed E-state index contributed by atoms with van der Waals surface area (Å²) < 4.78 is 13.6. The van der Waals surface area contributed by atoms with Gasteiger partial charge in [-0.3, -0.25) is 0 Å². The Balaban J connectivity index is 2.40. The van der Waals surface area contributed by atoms with E-state index in [9.17, 15) is 4.39 Å². The molecule has 0 amide bonds. The highest BCUT2D eigenvalue weighted by Gasteiger charge is 2.06. The second kappa shape index (κ2) is 4.76. The van der Waals surface area contributed by atoms with Gasteiger partial charge in [-0.1, -0.05) is 6.07 Å². The van der Waals surface area contributed by atoms with Gasteiger partial charge >= 0.3 is 0 Å². The lowest BCUT2D eigenvalue weighted by Crippen LogP contribution is -1.98. The van der Waals surface area contributed by atoms with E-state index in [0.717, 1.165) is 5.56 Å².